The van der Waals surface area contributed by atoms with Crippen molar-refractivity contribution < 1.29 is 4.74 Å². The standard InChI is InChI=1S/C24H37NOS/c1-5-12-22(26-4)16-15-19(3)13-10-8-7-9-11-14-21-18-27-24(25-21)23-17-20(23)6-2/h5,8,10-11,13-14,20-23H,1,6-7,9,12,15-18H2,2-4H3/t20?,21-,22+,23-/m1/s1. The van der Waals surface area contributed by atoms with E-state index >= 15 is 0 Å². The molecule has 0 aromatic carbocycles. The summed E-state index contributed by atoms with van der Waals surface area (Å²) in [7, 11) is 1.78. The smallest absolute Gasteiger partial charge is 0.0783 e. The number of thioether (sulfide) groups is 1. The second kappa shape index (κ2) is 12.4. The highest BCUT2D eigenvalue weighted by Crippen LogP contribution is 2.46. The molecule has 0 bridgehead atoms. The van der Waals surface area contributed by atoms with E-state index in [0.717, 1.165) is 49.7 Å². The van der Waals surface area contributed by atoms with Crippen molar-refractivity contribution in [1.29, 1.82) is 0 Å². The molecule has 2 rings (SSSR count). The Morgan fingerprint density at radius 1 is 1.37 bits per heavy atom. The second-order valence-corrected chi connectivity index (χ2v) is 8.76. The van der Waals surface area contributed by atoms with E-state index in [4.69, 9.17) is 9.73 Å². The van der Waals surface area contributed by atoms with Crippen molar-refractivity contribution in [2.45, 2.75) is 70.9 Å². The molecule has 2 aliphatic rings. The molecule has 27 heavy (non-hydrogen) atoms. The van der Waals surface area contributed by atoms with E-state index < -0.39 is 0 Å². The molecule has 4 atom stereocenters. The van der Waals surface area contributed by atoms with Gasteiger partial charge in [0.05, 0.1) is 17.2 Å². The third kappa shape index (κ3) is 8.23. The molecule has 2 nitrogen and oxygen atoms in total. The van der Waals surface area contributed by atoms with Gasteiger partial charge in [0.15, 0.2) is 0 Å². The van der Waals surface area contributed by atoms with Crippen LogP contribution in [0.3, 0.4) is 0 Å². The normalized spacial score (nSPS) is 26.7. The fraction of sp³-hybridized carbons (Fsp3) is 0.625. The summed E-state index contributed by atoms with van der Waals surface area (Å²) < 4.78 is 5.45. The van der Waals surface area contributed by atoms with Crippen molar-refractivity contribution in [2.75, 3.05) is 12.9 Å². The van der Waals surface area contributed by atoms with Crippen LogP contribution in [-0.4, -0.2) is 30.1 Å². The van der Waals surface area contributed by atoms with Crippen molar-refractivity contribution in [2.24, 2.45) is 16.8 Å². The van der Waals surface area contributed by atoms with Gasteiger partial charge in [-0.15, -0.1) is 18.3 Å². The first-order valence-corrected chi connectivity index (χ1v) is 11.5. The summed E-state index contributed by atoms with van der Waals surface area (Å²) in [6, 6.07) is 0.415. The first kappa shape index (κ1) is 22.2. The number of rotatable bonds is 13. The largest absolute Gasteiger partial charge is 0.381 e. The number of ether oxygens (including phenoxy) is 1. The van der Waals surface area contributed by atoms with Crippen LogP contribution >= 0.6 is 11.8 Å². The van der Waals surface area contributed by atoms with Crippen molar-refractivity contribution in [1.82, 2.24) is 0 Å². The zero-order valence-corrected chi connectivity index (χ0v) is 18.2. The zero-order valence-electron chi connectivity index (χ0n) is 17.4. The van der Waals surface area contributed by atoms with Crippen LogP contribution in [-0.2, 0) is 4.74 Å². The van der Waals surface area contributed by atoms with Crippen LogP contribution < -0.4 is 0 Å². The summed E-state index contributed by atoms with van der Waals surface area (Å²) in [5, 5.41) is 1.43. The van der Waals surface area contributed by atoms with E-state index in [2.05, 4.69) is 50.8 Å². The molecule has 0 N–H and O–H groups in total. The average molecular weight is 388 g/mol. The minimum atomic E-state index is 0.296. The number of nitrogens with zero attached hydrogens (tertiary/aromatic N) is 1. The monoisotopic (exact) mass is 387 g/mol. The van der Waals surface area contributed by atoms with Gasteiger partial charge in [-0.25, -0.2) is 0 Å². The van der Waals surface area contributed by atoms with E-state index in [0.29, 0.717) is 12.1 Å². The number of hydrogen-bond donors (Lipinski definition) is 0. The average Bonchev–Trinajstić information content (AvgIpc) is 3.33. The number of allylic oxidation sites excluding steroid dienone is 5. The highest BCUT2D eigenvalue weighted by Gasteiger charge is 2.41. The molecule has 1 aliphatic carbocycles. The van der Waals surface area contributed by atoms with Crippen LogP contribution in [0, 0.1) is 11.8 Å². The van der Waals surface area contributed by atoms with Gasteiger partial charge in [-0.1, -0.05) is 55.4 Å². The molecule has 0 radical (unpaired) electrons. The first-order chi connectivity index (χ1) is 13.2. The van der Waals surface area contributed by atoms with Gasteiger partial charge >= 0.3 is 0 Å². The lowest BCUT2D eigenvalue weighted by molar-refractivity contribution is 0.0981. The number of methoxy groups -OCH3 is 1. The zero-order chi connectivity index (χ0) is 19.5. The van der Waals surface area contributed by atoms with Gasteiger partial charge in [0.1, 0.15) is 0 Å². The third-order valence-electron chi connectivity index (χ3n) is 5.46. The van der Waals surface area contributed by atoms with Crippen LogP contribution in [0.15, 0.2) is 53.6 Å². The predicted octanol–water partition coefficient (Wildman–Crippen LogP) is 6.76. The Kier molecular flexibility index (Phi) is 10.2. The molecule has 0 amide bonds. The Morgan fingerprint density at radius 3 is 2.89 bits per heavy atom. The Morgan fingerprint density at radius 2 is 2.19 bits per heavy atom. The Balaban J connectivity index is 1.59. The Bertz CT molecular complexity index is 575. The molecule has 1 heterocycles. The number of aliphatic imine (C=N–C) groups is 1. The van der Waals surface area contributed by atoms with E-state index in [9.17, 15) is 0 Å². The lowest BCUT2D eigenvalue weighted by Crippen LogP contribution is -2.08. The molecule has 150 valence electrons. The molecule has 3 heteroatoms. The first-order valence-electron chi connectivity index (χ1n) is 10.5. The van der Waals surface area contributed by atoms with Crippen molar-refractivity contribution >= 4 is 16.8 Å². The van der Waals surface area contributed by atoms with Gasteiger partial charge in [-0.3, -0.25) is 4.99 Å². The number of hydrogen-bond acceptors (Lipinski definition) is 3. The minimum absolute atomic E-state index is 0.296. The Hall–Kier alpha value is -1.06. The minimum Gasteiger partial charge on any atom is -0.381 e. The van der Waals surface area contributed by atoms with Crippen LogP contribution in [0.1, 0.15) is 58.8 Å². The Labute approximate surface area is 170 Å². The summed E-state index contributed by atoms with van der Waals surface area (Å²) in [5.41, 5.74) is 1.41. The van der Waals surface area contributed by atoms with E-state index in [-0.39, 0.29) is 0 Å². The van der Waals surface area contributed by atoms with E-state index in [1.54, 1.807) is 7.11 Å². The molecular formula is C24H37NOS. The van der Waals surface area contributed by atoms with Gasteiger partial charge in [0.2, 0.25) is 0 Å². The number of unbranched alkanes of at least 4 members (excludes halogenated alkanes) is 1. The molecule has 0 aromatic rings. The fourth-order valence-corrected chi connectivity index (χ4v) is 4.72. The highest BCUT2D eigenvalue weighted by atomic mass is 32.2. The van der Waals surface area contributed by atoms with Gasteiger partial charge in [-0.05, 0) is 51.4 Å². The predicted molar refractivity (Wildman–Crippen MR) is 122 cm³/mol. The molecule has 0 aromatic heterocycles. The quantitative estimate of drug-likeness (QED) is 0.198. The summed E-state index contributed by atoms with van der Waals surface area (Å²) in [6.07, 6.45) is 21.5. The van der Waals surface area contributed by atoms with E-state index in [1.165, 1.54) is 23.5 Å². The topological polar surface area (TPSA) is 21.6 Å². The summed E-state index contributed by atoms with van der Waals surface area (Å²) in [5.74, 6) is 2.86. The van der Waals surface area contributed by atoms with Crippen molar-refractivity contribution in [3.63, 3.8) is 0 Å². The lowest BCUT2D eigenvalue weighted by Gasteiger charge is -2.12. The molecule has 0 spiro atoms. The molecule has 1 unspecified atom stereocenters. The van der Waals surface area contributed by atoms with Crippen LogP contribution in [0.5, 0.6) is 0 Å². The van der Waals surface area contributed by atoms with Gasteiger partial charge < -0.3 is 4.74 Å². The van der Waals surface area contributed by atoms with Gasteiger partial charge in [-0.2, -0.15) is 0 Å². The summed E-state index contributed by atoms with van der Waals surface area (Å²) in [4.78, 5) is 4.91. The maximum Gasteiger partial charge on any atom is 0.0783 e. The molecule has 1 fully saturated rings. The second-order valence-electron chi connectivity index (χ2n) is 7.72. The maximum atomic E-state index is 5.45. The summed E-state index contributed by atoms with van der Waals surface area (Å²) in [6.45, 7) is 8.28. The lowest BCUT2D eigenvalue weighted by atomic mass is 10.1. The van der Waals surface area contributed by atoms with E-state index in [1.807, 2.05) is 17.8 Å². The molecule has 0 saturated heterocycles. The van der Waals surface area contributed by atoms with Crippen molar-refractivity contribution in [3.8, 4) is 0 Å². The van der Waals surface area contributed by atoms with Gasteiger partial charge in [0, 0.05) is 18.8 Å². The highest BCUT2D eigenvalue weighted by molar-refractivity contribution is 8.14. The molecule has 1 aliphatic heterocycles. The third-order valence-corrected chi connectivity index (χ3v) is 6.67. The van der Waals surface area contributed by atoms with Crippen LogP contribution in [0.2, 0.25) is 0 Å². The molecular weight excluding hydrogens is 350 g/mol. The van der Waals surface area contributed by atoms with Crippen LogP contribution in [0.25, 0.3) is 0 Å². The fourth-order valence-electron chi connectivity index (χ4n) is 3.48. The van der Waals surface area contributed by atoms with Gasteiger partial charge in [0.25, 0.3) is 0 Å². The van der Waals surface area contributed by atoms with Crippen LogP contribution in [0.4, 0.5) is 0 Å². The SMILES string of the molecule is C=CC[C@@H](CCC(C)=CC=CCCC=C[C@@H]1CSC([C@@H]2CC2CC)=N1)OC. The van der Waals surface area contributed by atoms with Crippen molar-refractivity contribution in [3.05, 3.63) is 48.6 Å². The summed E-state index contributed by atoms with van der Waals surface area (Å²) >= 11 is 1.99. The molecule has 1 saturated carbocycles. The maximum absolute atomic E-state index is 5.45.